The zero-order valence-electron chi connectivity index (χ0n) is 11.9. The van der Waals surface area contributed by atoms with Gasteiger partial charge in [-0.05, 0) is 56.7 Å². The summed E-state index contributed by atoms with van der Waals surface area (Å²) in [6, 6.07) is 5.71. The first-order valence-electron chi connectivity index (χ1n) is 7.33. The molecule has 1 saturated carbocycles. The summed E-state index contributed by atoms with van der Waals surface area (Å²) in [6.45, 7) is 4.22. The Balaban J connectivity index is 2.17. The normalized spacial score (nSPS) is 25.1. The number of halogens is 1. The molecule has 0 saturated heterocycles. The Morgan fingerprint density at radius 2 is 2.11 bits per heavy atom. The van der Waals surface area contributed by atoms with Crippen LogP contribution in [0.5, 0.6) is 5.75 Å². The van der Waals surface area contributed by atoms with E-state index in [1.54, 1.807) is 0 Å². The van der Waals surface area contributed by atoms with Crippen molar-refractivity contribution in [2.75, 3.05) is 0 Å². The van der Waals surface area contributed by atoms with Crippen LogP contribution in [-0.4, -0.2) is 6.10 Å². The van der Waals surface area contributed by atoms with E-state index in [-0.39, 0.29) is 6.04 Å². The largest absolute Gasteiger partial charge is 0.490 e. The van der Waals surface area contributed by atoms with Gasteiger partial charge >= 0.3 is 0 Å². The van der Waals surface area contributed by atoms with Gasteiger partial charge in [-0.15, -0.1) is 0 Å². The van der Waals surface area contributed by atoms with Crippen LogP contribution in [0.15, 0.2) is 18.2 Å². The van der Waals surface area contributed by atoms with Crippen LogP contribution < -0.4 is 10.5 Å². The van der Waals surface area contributed by atoms with E-state index < -0.39 is 0 Å². The predicted octanol–water partition coefficient (Wildman–Crippen LogP) is 4.71. The van der Waals surface area contributed by atoms with Crippen LogP contribution in [0, 0.1) is 5.92 Å². The third kappa shape index (κ3) is 3.64. The minimum atomic E-state index is -0.0580. The number of ether oxygens (including phenoxy) is 1. The first-order chi connectivity index (χ1) is 9.11. The molecule has 0 bridgehead atoms. The Morgan fingerprint density at radius 3 is 2.79 bits per heavy atom. The van der Waals surface area contributed by atoms with Gasteiger partial charge in [0.1, 0.15) is 11.9 Å². The SMILES string of the molecule is CCC1CCCCC1Oc1ccc(Cl)cc1[C@@H](C)N. The maximum Gasteiger partial charge on any atom is 0.124 e. The van der Waals surface area contributed by atoms with E-state index in [1.807, 2.05) is 25.1 Å². The standard InChI is InChI=1S/C16H24ClNO/c1-3-12-6-4-5-7-15(12)19-16-9-8-13(17)10-14(16)11(2)18/h8-12,15H,3-7,18H2,1-2H3/t11-,12?,15?/m1/s1. The van der Waals surface area contributed by atoms with E-state index in [2.05, 4.69) is 6.92 Å². The van der Waals surface area contributed by atoms with Gasteiger partial charge in [-0.1, -0.05) is 24.9 Å². The van der Waals surface area contributed by atoms with Crippen LogP contribution >= 0.6 is 11.6 Å². The molecule has 1 aliphatic carbocycles. The van der Waals surface area contributed by atoms with E-state index in [1.165, 1.54) is 25.7 Å². The molecule has 3 heteroatoms. The Hall–Kier alpha value is -0.730. The molecule has 0 spiro atoms. The van der Waals surface area contributed by atoms with E-state index in [0.717, 1.165) is 22.8 Å². The molecule has 0 radical (unpaired) electrons. The zero-order chi connectivity index (χ0) is 13.8. The molecule has 2 N–H and O–H groups in total. The summed E-state index contributed by atoms with van der Waals surface area (Å²) >= 11 is 6.05. The van der Waals surface area contributed by atoms with Gasteiger partial charge < -0.3 is 10.5 Å². The Labute approximate surface area is 121 Å². The molecule has 2 rings (SSSR count). The fraction of sp³-hybridized carbons (Fsp3) is 0.625. The van der Waals surface area contributed by atoms with Gasteiger partial charge in [-0.2, -0.15) is 0 Å². The third-order valence-corrected chi connectivity index (χ3v) is 4.34. The van der Waals surface area contributed by atoms with Gasteiger partial charge in [0.15, 0.2) is 0 Å². The summed E-state index contributed by atoms with van der Waals surface area (Å²) in [5, 5.41) is 0.718. The summed E-state index contributed by atoms with van der Waals surface area (Å²) in [4.78, 5) is 0. The summed E-state index contributed by atoms with van der Waals surface area (Å²) in [7, 11) is 0. The molecule has 3 atom stereocenters. The molecule has 1 fully saturated rings. The van der Waals surface area contributed by atoms with Crippen LogP contribution in [0.3, 0.4) is 0 Å². The number of hydrogen-bond donors (Lipinski definition) is 1. The average Bonchev–Trinajstić information content (AvgIpc) is 2.41. The average molecular weight is 282 g/mol. The second kappa shape index (κ2) is 6.62. The van der Waals surface area contributed by atoms with Crippen molar-refractivity contribution in [3.05, 3.63) is 28.8 Å². The van der Waals surface area contributed by atoms with Gasteiger partial charge in [0.25, 0.3) is 0 Å². The minimum absolute atomic E-state index is 0.0580. The molecule has 0 aromatic heterocycles. The van der Waals surface area contributed by atoms with Crippen LogP contribution in [0.4, 0.5) is 0 Å². The fourth-order valence-electron chi connectivity index (χ4n) is 2.94. The highest BCUT2D eigenvalue weighted by Gasteiger charge is 2.26. The fourth-order valence-corrected chi connectivity index (χ4v) is 3.12. The lowest BCUT2D eigenvalue weighted by Gasteiger charge is -2.32. The maximum absolute atomic E-state index is 6.27. The molecule has 0 amide bonds. The summed E-state index contributed by atoms with van der Waals surface area (Å²) in [6.07, 6.45) is 6.55. The number of rotatable bonds is 4. The highest BCUT2D eigenvalue weighted by Crippen LogP contribution is 2.34. The highest BCUT2D eigenvalue weighted by molar-refractivity contribution is 6.30. The number of nitrogens with two attached hydrogens (primary N) is 1. The lowest BCUT2D eigenvalue weighted by Crippen LogP contribution is -2.30. The molecule has 0 aliphatic heterocycles. The predicted molar refractivity (Wildman–Crippen MR) is 80.7 cm³/mol. The van der Waals surface area contributed by atoms with Gasteiger partial charge in [-0.3, -0.25) is 0 Å². The van der Waals surface area contributed by atoms with Crippen LogP contribution in [-0.2, 0) is 0 Å². The quantitative estimate of drug-likeness (QED) is 0.868. The van der Waals surface area contributed by atoms with Crippen LogP contribution in [0.1, 0.15) is 57.6 Å². The molecule has 1 aromatic carbocycles. The van der Waals surface area contributed by atoms with Gasteiger partial charge in [0.05, 0.1) is 0 Å². The molecule has 19 heavy (non-hydrogen) atoms. The van der Waals surface area contributed by atoms with Gasteiger partial charge in [0.2, 0.25) is 0 Å². The van der Waals surface area contributed by atoms with Crippen LogP contribution in [0.2, 0.25) is 5.02 Å². The smallest absolute Gasteiger partial charge is 0.124 e. The van der Waals surface area contributed by atoms with Crippen molar-refractivity contribution in [2.45, 2.75) is 58.1 Å². The van der Waals surface area contributed by atoms with Crippen LogP contribution in [0.25, 0.3) is 0 Å². The molecule has 0 heterocycles. The lowest BCUT2D eigenvalue weighted by molar-refractivity contribution is 0.0891. The molecule has 2 nitrogen and oxygen atoms in total. The molecule has 106 valence electrons. The molecular formula is C16H24ClNO. The van der Waals surface area contributed by atoms with E-state index >= 15 is 0 Å². The highest BCUT2D eigenvalue weighted by atomic mass is 35.5. The maximum atomic E-state index is 6.27. The van der Waals surface area contributed by atoms with Crippen molar-refractivity contribution in [1.29, 1.82) is 0 Å². The summed E-state index contributed by atoms with van der Waals surface area (Å²) in [5.74, 6) is 1.58. The lowest BCUT2D eigenvalue weighted by atomic mass is 9.84. The van der Waals surface area contributed by atoms with E-state index in [4.69, 9.17) is 22.1 Å². The third-order valence-electron chi connectivity index (χ3n) is 4.10. The van der Waals surface area contributed by atoms with E-state index in [0.29, 0.717) is 12.0 Å². The first kappa shape index (κ1) is 14.7. The second-order valence-corrected chi connectivity index (χ2v) is 6.02. The number of benzene rings is 1. The molecule has 1 aliphatic rings. The van der Waals surface area contributed by atoms with Crippen molar-refractivity contribution in [3.63, 3.8) is 0 Å². The number of hydrogen-bond acceptors (Lipinski definition) is 2. The van der Waals surface area contributed by atoms with Crippen molar-refractivity contribution in [3.8, 4) is 5.75 Å². The Morgan fingerprint density at radius 1 is 1.37 bits per heavy atom. The zero-order valence-corrected chi connectivity index (χ0v) is 12.6. The van der Waals surface area contributed by atoms with Crippen molar-refractivity contribution in [2.24, 2.45) is 11.7 Å². The Bertz CT molecular complexity index is 419. The molecule has 1 aromatic rings. The molecule has 2 unspecified atom stereocenters. The summed E-state index contributed by atoms with van der Waals surface area (Å²) in [5.41, 5.74) is 7.02. The van der Waals surface area contributed by atoms with Crippen molar-refractivity contribution < 1.29 is 4.74 Å². The monoisotopic (exact) mass is 281 g/mol. The van der Waals surface area contributed by atoms with Gasteiger partial charge in [0, 0.05) is 16.6 Å². The van der Waals surface area contributed by atoms with E-state index in [9.17, 15) is 0 Å². The summed E-state index contributed by atoms with van der Waals surface area (Å²) < 4.78 is 6.27. The van der Waals surface area contributed by atoms with Crippen molar-refractivity contribution >= 4 is 11.6 Å². The molecular weight excluding hydrogens is 258 g/mol. The van der Waals surface area contributed by atoms with Crippen molar-refractivity contribution in [1.82, 2.24) is 0 Å². The first-order valence-corrected chi connectivity index (χ1v) is 7.71. The van der Waals surface area contributed by atoms with Gasteiger partial charge in [-0.25, -0.2) is 0 Å². The topological polar surface area (TPSA) is 35.2 Å². The second-order valence-electron chi connectivity index (χ2n) is 5.58. The Kier molecular flexibility index (Phi) is 5.12. The minimum Gasteiger partial charge on any atom is -0.490 e.